The molecule has 0 spiro atoms. The summed E-state index contributed by atoms with van der Waals surface area (Å²) in [5.74, 6) is 0.505. The monoisotopic (exact) mass is 363 g/mol. The third kappa shape index (κ3) is 2.57. The second kappa shape index (κ2) is 6.31. The molecule has 0 unspecified atom stereocenters. The van der Waals surface area contributed by atoms with Crippen LogP contribution in [0.2, 0.25) is 0 Å². The standard InChI is InChI=1S/C27H25N/c1-16(2)19-9-10-21-18(4)15-28-27(26(21)13-19)25-12-17(3)11-23-22-8-6-5-7-20(22)14-24(23)25/h5-13,15-16H,14H2,1-4H3. The lowest BCUT2D eigenvalue weighted by atomic mass is 9.91. The van der Waals surface area contributed by atoms with Crippen LogP contribution in [0.4, 0.5) is 0 Å². The van der Waals surface area contributed by atoms with E-state index in [0.717, 1.165) is 12.1 Å². The van der Waals surface area contributed by atoms with E-state index in [4.69, 9.17) is 4.98 Å². The van der Waals surface area contributed by atoms with Gasteiger partial charge in [-0.15, -0.1) is 0 Å². The van der Waals surface area contributed by atoms with Crippen LogP contribution in [-0.4, -0.2) is 4.98 Å². The fourth-order valence-corrected chi connectivity index (χ4v) is 4.56. The maximum absolute atomic E-state index is 4.96. The van der Waals surface area contributed by atoms with Crippen LogP contribution in [-0.2, 0) is 6.42 Å². The largest absolute Gasteiger partial charge is 0.255 e. The normalized spacial score (nSPS) is 12.5. The Morgan fingerprint density at radius 1 is 0.821 bits per heavy atom. The summed E-state index contributed by atoms with van der Waals surface area (Å²) in [7, 11) is 0. The van der Waals surface area contributed by atoms with Crippen molar-refractivity contribution >= 4 is 10.8 Å². The molecule has 28 heavy (non-hydrogen) atoms. The highest BCUT2D eigenvalue weighted by Crippen LogP contribution is 2.43. The Bertz CT molecular complexity index is 1230. The lowest BCUT2D eigenvalue weighted by molar-refractivity contribution is 0.868. The van der Waals surface area contributed by atoms with Crippen molar-refractivity contribution in [1.82, 2.24) is 4.98 Å². The third-order valence-electron chi connectivity index (χ3n) is 6.10. The average molecular weight is 364 g/mol. The van der Waals surface area contributed by atoms with E-state index in [2.05, 4.69) is 82.3 Å². The Morgan fingerprint density at radius 3 is 2.43 bits per heavy atom. The zero-order chi connectivity index (χ0) is 19.4. The first-order valence-corrected chi connectivity index (χ1v) is 10.1. The van der Waals surface area contributed by atoms with E-state index in [1.165, 1.54) is 55.3 Å². The van der Waals surface area contributed by atoms with Crippen LogP contribution in [0.15, 0.2) is 60.8 Å². The number of hydrogen-bond acceptors (Lipinski definition) is 1. The second-order valence-electron chi connectivity index (χ2n) is 8.42. The molecular formula is C27H25N. The molecule has 1 aliphatic rings. The summed E-state index contributed by atoms with van der Waals surface area (Å²) in [6, 6.07) is 20.3. The van der Waals surface area contributed by atoms with Crippen LogP contribution in [0.5, 0.6) is 0 Å². The minimum atomic E-state index is 0.505. The zero-order valence-electron chi connectivity index (χ0n) is 17.0. The SMILES string of the molecule is Cc1cc2c(c(-c3ncc(C)c4ccc(C(C)C)cc34)c1)Cc1ccccc1-2. The van der Waals surface area contributed by atoms with Crippen LogP contribution in [0.3, 0.4) is 0 Å². The highest BCUT2D eigenvalue weighted by atomic mass is 14.7. The topological polar surface area (TPSA) is 12.9 Å². The molecule has 0 N–H and O–H groups in total. The number of aryl methyl sites for hydroxylation is 2. The van der Waals surface area contributed by atoms with Crippen molar-refractivity contribution < 1.29 is 0 Å². The van der Waals surface area contributed by atoms with Gasteiger partial charge in [-0.2, -0.15) is 0 Å². The molecule has 0 bridgehead atoms. The summed E-state index contributed by atoms with van der Waals surface area (Å²) >= 11 is 0. The fourth-order valence-electron chi connectivity index (χ4n) is 4.56. The molecule has 1 nitrogen and oxygen atoms in total. The predicted molar refractivity (Wildman–Crippen MR) is 119 cm³/mol. The molecule has 0 atom stereocenters. The molecule has 4 aromatic rings. The number of benzene rings is 3. The van der Waals surface area contributed by atoms with Gasteiger partial charge in [-0.05, 0) is 82.6 Å². The van der Waals surface area contributed by atoms with Crippen molar-refractivity contribution in [1.29, 1.82) is 0 Å². The van der Waals surface area contributed by atoms with Crippen molar-refractivity contribution in [3.63, 3.8) is 0 Å². The van der Waals surface area contributed by atoms with E-state index in [-0.39, 0.29) is 0 Å². The van der Waals surface area contributed by atoms with Gasteiger partial charge in [0.2, 0.25) is 0 Å². The Labute approximate surface area is 167 Å². The van der Waals surface area contributed by atoms with Crippen LogP contribution in [0, 0.1) is 13.8 Å². The van der Waals surface area contributed by atoms with Gasteiger partial charge in [0.05, 0.1) is 5.69 Å². The Balaban J connectivity index is 1.82. The number of pyridine rings is 1. The minimum absolute atomic E-state index is 0.505. The molecule has 1 heteroatoms. The molecular weight excluding hydrogens is 338 g/mol. The van der Waals surface area contributed by atoms with Crippen molar-refractivity contribution in [3.05, 3.63) is 88.6 Å². The highest BCUT2D eigenvalue weighted by molar-refractivity contribution is 5.99. The summed E-state index contributed by atoms with van der Waals surface area (Å²) in [5, 5.41) is 2.58. The molecule has 3 aromatic carbocycles. The van der Waals surface area contributed by atoms with Crippen LogP contribution in [0.25, 0.3) is 33.2 Å². The maximum atomic E-state index is 4.96. The molecule has 1 heterocycles. The molecule has 0 radical (unpaired) electrons. The predicted octanol–water partition coefficient (Wildman–Crippen LogP) is 7.21. The van der Waals surface area contributed by atoms with Crippen molar-refractivity contribution in [2.24, 2.45) is 0 Å². The van der Waals surface area contributed by atoms with Gasteiger partial charge in [0, 0.05) is 17.1 Å². The van der Waals surface area contributed by atoms with Gasteiger partial charge in [-0.3, -0.25) is 4.98 Å². The van der Waals surface area contributed by atoms with Crippen LogP contribution in [0.1, 0.15) is 47.6 Å². The summed E-state index contributed by atoms with van der Waals surface area (Å²) in [6.45, 7) is 8.86. The number of fused-ring (bicyclic) bond motifs is 4. The summed E-state index contributed by atoms with van der Waals surface area (Å²) in [5.41, 5.74) is 11.9. The molecule has 1 aromatic heterocycles. The first-order chi connectivity index (χ1) is 13.5. The zero-order valence-corrected chi connectivity index (χ0v) is 17.0. The number of nitrogens with zero attached hydrogens (tertiary/aromatic N) is 1. The Kier molecular flexibility index (Phi) is 3.87. The van der Waals surface area contributed by atoms with E-state index in [9.17, 15) is 0 Å². The van der Waals surface area contributed by atoms with E-state index >= 15 is 0 Å². The van der Waals surface area contributed by atoms with Gasteiger partial charge in [0.25, 0.3) is 0 Å². The van der Waals surface area contributed by atoms with Gasteiger partial charge in [0.15, 0.2) is 0 Å². The molecule has 1 aliphatic carbocycles. The minimum Gasteiger partial charge on any atom is -0.255 e. The van der Waals surface area contributed by atoms with Gasteiger partial charge >= 0.3 is 0 Å². The summed E-state index contributed by atoms with van der Waals surface area (Å²) in [6.07, 6.45) is 3.02. The van der Waals surface area contributed by atoms with Crippen molar-refractivity contribution in [2.45, 2.75) is 40.0 Å². The molecule has 0 fully saturated rings. The highest BCUT2D eigenvalue weighted by Gasteiger charge is 2.23. The first-order valence-electron chi connectivity index (χ1n) is 10.1. The van der Waals surface area contributed by atoms with E-state index < -0.39 is 0 Å². The maximum Gasteiger partial charge on any atom is 0.0783 e. The van der Waals surface area contributed by atoms with Gasteiger partial charge < -0.3 is 0 Å². The molecule has 5 rings (SSSR count). The summed E-state index contributed by atoms with van der Waals surface area (Å²) in [4.78, 5) is 4.96. The smallest absolute Gasteiger partial charge is 0.0783 e. The van der Waals surface area contributed by atoms with Gasteiger partial charge in [-0.25, -0.2) is 0 Å². The molecule has 0 saturated carbocycles. The molecule has 138 valence electrons. The Morgan fingerprint density at radius 2 is 1.61 bits per heavy atom. The number of hydrogen-bond donors (Lipinski definition) is 0. The van der Waals surface area contributed by atoms with E-state index in [0.29, 0.717) is 5.92 Å². The molecule has 0 saturated heterocycles. The molecule has 0 aliphatic heterocycles. The number of rotatable bonds is 2. The second-order valence-corrected chi connectivity index (χ2v) is 8.42. The van der Waals surface area contributed by atoms with Crippen molar-refractivity contribution in [2.75, 3.05) is 0 Å². The fraction of sp³-hybridized carbons (Fsp3) is 0.222. The Hall–Kier alpha value is -2.93. The van der Waals surface area contributed by atoms with E-state index in [1.54, 1.807) is 0 Å². The van der Waals surface area contributed by atoms with Gasteiger partial charge in [0.1, 0.15) is 0 Å². The average Bonchev–Trinajstić information content (AvgIpc) is 3.06. The summed E-state index contributed by atoms with van der Waals surface area (Å²) < 4.78 is 0. The lowest BCUT2D eigenvalue weighted by Crippen LogP contribution is -1.96. The number of aromatic nitrogens is 1. The quantitative estimate of drug-likeness (QED) is 0.323. The first kappa shape index (κ1) is 17.2. The van der Waals surface area contributed by atoms with E-state index in [1.807, 2.05) is 6.20 Å². The molecule has 0 amide bonds. The van der Waals surface area contributed by atoms with Crippen molar-refractivity contribution in [3.8, 4) is 22.4 Å². The van der Waals surface area contributed by atoms with Crippen LogP contribution < -0.4 is 0 Å². The van der Waals surface area contributed by atoms with Gasteiger partial charge in [-0.1, -0.05) is 56.3 Å². The lowest BCUT2D eigenvalue weighted by Gasteiger charge is -2.15. The van der Waals surface area contributed by atoms with Crippen LogP contribution >= 0.6 is 0 Å². The third-order valence-corrected chi connectivity index (χ3v) is 6.10.